The van der Waals surface area contributed by atoms with E-state index in [0.29, 0.717) is 23.7 Å². The molecule has 2 heterocycles. The van der Waals surface area contributed by atoms with Crippen molar-refractivity contribution in [3.8, 4) is 0 Å². The predicted octanol–water partition coefficient (Wildman–Crippen LogP) is 4.21. The molecule has 162 valence electrons. The number of nitrogens with one attached hydrogen (secondary N) is 3. The molecule has 0 aliphatic carbocycles. The van der Waals surface area contributed by atoms with Crippen molar-refractivity contribution >= 4 is 34.8 Å². The largest absolute Gasteiger partial charge is 0.384 e. The number of carbonyl (C=O) groups excluding carboxylic acids is 2. The summed E-state index contributed by atoms with van der Waals surface area (Å²) in [6.45, 7) is 2.95. The summed E-state index contributed by atoms with van der Waals surface area (Å²) in [5, 5.41) is 8.54. The van der Waals surface area contributed by atoms with E-state index in [0.717, 1.165) is 28.1 Å². The zero-order valence-corrected chi connectivity index (χ0v) is 18.3. The van der Waals surface area contributed by atoms with E-state index >= 15 is 0 Å². The predicted molar refractivity (Wildman–Crippen MR) is 126 cm³/mol. The highest BCUT2D eigenvalue weighted by molar-refractivity contribution is 6.30. The monoisotopic (exact) mass is 446 g/mol. The first-order chi connectivity index (χ1) is 15.5. The summed E-state index contributed by atoms with van der Waals surface area (Å²) in [4.78, 5) is 25.9. The number of hydrazine groups is 1. The van der Waals surface area contributed by atoms with Crippen LogP contribution < -0.4 is 21.1 Å². The SMILES string of the molecule is Cc1ccc(N2NC3c4cc(C(=O)NCc5cccc(Cl)c5)ccc4NCC3C2=O)cc1. The minimum atomic E-state index is -0.242. The van der Waals surface area contributed by atoms with Crippen molar-refractivity contribution in [1.82, 2.24) is 10.7 Å². The fourth-order valence-electron chi connectivity index (χ4n) is 4.26. The lowest BCUT2D eigenvalue weighted by molar-refractivity contribution is -0.120. The molecular weight excluding hydrogens is 424 g/mol. The second kappa shape index (κ2) is 8.30. The molecule has 32 heavy (non-hydrogen) atoms. The van der Waals surface area contributed by atoms with Gasteiger partial charge in [0, 0.05) is 29.4 Å². The van der Waals surface area contributed by atoms with Crippen LogP contribution in [-0.2, 0) is 11.3 Å². The van der Waals surface area contributed by atoms with E-state index in [2.05, 4.69) is 16.1 Å². The van der Waals surface area contributed by atoms with Gasteiger partial charge < -0.3 is 10.6 Å². The molecule has 1 fully saturated rings. The number of hydrogen-bond donors (Lipinski definition) is 3. The molecule has 3 aromatic rings. The van der Waals surface area contributed by atoms with Gasteiger partial charge in [-0.05, 0) is 60.5 Å². The summed E-state index contributed by atoms with van der Waals surface area (Å²) in [5.41, 5.74) is 8.65. The Labute approximate surface area is 191 Å². The Hall–Kier alpha value is -3.35. The van der Waals surface area contributed by atoms with Gasteiger partial charge in [0.15, 0.2) is 0 Å². The smallest absolute Gasteiger partial charge is 0.251 e. The van der Waals surface area contributed by atoms with Gasteiger partial charge in [0.05, 0.1) is 17.6 Å². The van der Waals surface area contributed by atoms with Gasteiger partial charge in [0.2, 0.25) is 5.91 Å². The average molecular weight is 447 g/mol. The van der Waals surface area contributed by atoms with E-state index in [1.165, 1.54) is 0 Å². The highest BCUT2D eigenvalue weighted by Crippen LogP contribution is 2.39. The number of hydrogen-bond acceptors (Lipinski definition) is 4. The van der Waals surface area contributed by atoms with Crippen molar-refractivity contribution in [1.29, 1.82) is 0 Å². The molecule has 2 atom stereocenters. The number of carbonyl (C=O) groups is 2. The van der Waals surface area contributed by atoms with Gasteiger partial charge in [-0.25, -0.2) is 10.4 Å². The molecule has 0 bridgehead atoms. The maximum Gasteiger partial charge on any atom is 0.251 e. The summed E-state index contributed by atoms with van der Waals surface area (Å²) < 4.78 is 0. The molecule has 3 N–H and O–H groups in total. The van der Waals surface area contributed by atoms with Crippen LogP contribution in [0.1, 0.15) is 33.1 Å². The minimum absolute atomic E-state index is 0.0211. The zero-order valence-electron chi connectivity index (χ0n) is 17.6. The summed E-state index contributed by atoms with van der Waals surface area (Å²) in [7, 11) is 0. The lowest BCUT2D eigenvalue weighted by Crippen LogP contribution is -2.35. The van der Waals surface area contributed by atoms with Gasteiger partial charge in [-0.2, -0.15) is 0 Å². The van der Waals surface area contributed by atoms with Crippen LogP contribution >= 0.6 is 11.6 Å². The topological polar surface area (TPSA) is 73.5 Å². The second-order valence-electron chi connectivity index (χ2n) is 8.22. The Morgan fingerprint density at radius 2 is 1.94 bits per heavy atom. The number of benzene rings is 3. The van der Waals surface area contributed by atoms with E-state index < -0.39 is 0 Å². The van der Waals surface area contributed by atoms with Gasteiger partial charge in [-0.1, -0.05) is 41.4 Å². The molecule has 2 amide bonds. The number of halogens is 1. The number of aryl methyl sites for hydroxylation is 1. The Bertz CT molecular complexity index is 1190. The van der Waals surface area contributed by atoms with E-state index in [9.17, 15) is 9.59 Å². The summed E-state index contributed by atoms with van der Waals surface area (Å²) in [6, 6.07) is 20.6. The lowest BCUT2D eigenvalue weighted by Gasteiger charge is -2.27. The van der Waals surface area contributed by atoms with E-state index in [4.69, 9.17) is 11.6 Å². The molecule has 1 saturated heterocycles. The molecule has 0 saturated carbocycles. The van der Waals surface area contributed by atoms with Crippen LogP contribution in [0.4, 0.5) is 11.4 Å². The van der Waals surface area contributed by atoms with Crippen LogP contribution in [0.25, 0.3) is 0 Å². The Morgan fingerprint density at radius 1 is 1.12 bits per heavy atom. The van der Waals surface area contributed by atoms with Crippen LogP contribution in [0.2, 0.25) is 5.02 Å². The normalized spacial score (nSPS) is 19.2. The molecule has 6 nitrogen and oxygen atoms in total. The molecule has 3 aromatic carbocycles. The molecule has 5 rings (SSSR count). The van der Waals surface area contributed by atoms with E-state index in [-0.39, 0.29) is 23.8 Å². The lowest BCUT2D eigenvalue weighted by atomic mass is 9.88. The minimum Gasteiger partial charge on any atom is -0.384 e. The van der Waals surface area contributed by atoms with E-state index in [1.54, 1.807) is 17.1 Å². The molecule has 2 aliphatic heterocycles. The Morgan fingerprint density at radius 3 is 2.72 bits per heavy atom. The third-order valence-corrected chi connectivity index (χ3v) is 6.24. The molecular formula is C25H23ClN4O2. The molecule has 7 heteroatoms. The first-order valence-electron chi connectivity index (χ1n) is 10.6. The summed E-state index contributed by atoms with van der Waals surface area (Å²) in [6.07, 6.45) is 0. The molecule has 0 spiro atoms. The van der Waals surface area contributed by atoms with Crippen LogP contribution in [-0.4, -0.2) is 18.4 Å². The molecule has 0 aromatic heterocycles. The maximum atomic E-state index is 13.1. The average Bonchev–Trinajstić information content (AvgIpc) is 3.14. The Kier molecular flexibility index (Phi) is 5.33. The molecule has 0 radical (unpaired) electrons. The third-order valence-electron chi connectivity index (χ3n) is 6.00. The summed E-state index contributed by atoms with van der Waals surface area (Å²) in [5.74, 6) is -0.393. The van der Waals surface area contributed by atoms with Crippen LogP contribution in [0.3, 0.4) is 0 Å². The maximum absolute atomic E-state index is 13.1. The van der Waals surface area contributed by atoms with E-state index in [1.807, 2.05) is 61.5 Å². The van der Waals surface area contributed by atoms with Gasteiger partial charge in [-0.3, -0.25) is 9.59 Å². The number of rotatable bonds is 4. The number of nitrogens with zero attached hydrogens (tertiary/aromatic N) is 1. The van der Waals surface area contributed by atoms with Crippen molar-refractivity contribution < 1.29 is 9.59 Å². The second-order valence-corrected chi connectivity index (χ2v) is 8.65. The zero-order chi connectivity index (χ0) is 22.2. The summed E-state index contributed by atoms with van der Waals surface area (Å²) >= 11 is 6.03. The number of fused-ring (bicyclic) bond motifs is 3. The van der Waals surface area contributed by atoms with Crippen molar-refractivity contribution in [3.63, 3.8) is 0 Å². The van der Waals surface area contributed by atoms with Crippen LogP contribution in [0, 0.1) is 12.8 Å². The highest BCUT2D eigenvalue weighted by atomic mass is 35.5. The quantitative estimate of drug-likeness (QED) is 0.561. The third kappa shape index (κ3) is 3.83. The van der Waals surface area contributed by atoms with Crippen LogP contribution in [0.15, 0.2) is 66.7 Å². The first kappa shape index (κ1) is 20.5. The van der Waals surface area contributed by atoms with Gasteiger partial charge >= 0.3 is 0 Å². The Balaban J connectivity index is 1.36. The standard InChI is InChI=1S/C25H23ClN4O2/c1-15-5-8-19(9-6-15)30-25(32)21-14-27-22-10-7-17(12-20(22)23(21)29-30)24(31)28-13-16-3-2-4-18(26)11-16/h2-12,21,23,27,29H,13-14H2,1H3,(H,28,31). The fraction of sp³-hybridized carbons (Fsp3) is 0.200. The molecule has 2 unspecified atom stereocenters. The van der Waals surface area contributed by atoms with Crippen molar-refractivity contribution in [2.75, 3.05) is 16.9 Å². The van der Waals surface area contributed by atoms with Crippen molar-refractivity contribution in [2.45, 2.75) is 19.5 Å². The number of anilines is 2. The first-order valence-corrected chi connectivity index (χ1v) is 10.9. The fourth-order valence-corrected chi connectivity index (χ4v) is 4.47. The van der Waals surface area contributed by atoms with Gasteiger partial charge in [-0.15, -0.1) is 0 Å². The van der Waals surface area contributed by atoms with Crippen molar-refractivity contribution in [2.24, 2.45) is 5.92 Å². The highest BCUT2D eigenvalue weighted by Gasteiger charge is 2.44. The van der Waals surface area contributed by atoms with Gasteiger partial charge in [0.1, 0.15) is 0 Å². The van der Waals surface area contributed by atoms with Crippen LogP contribution in [0.5, 0.6) is 0 Å². The number of amides is 2. The van der Waals surface area contributed by atoms with Gasteiger partial charge in [0.25, 0.3) is 5.91 Å². The molecule has 2 aliphatic rings. The van der Waals surface area contributed by atoms with Crippen molar-refractivity contribution in [3.05, 3.63) is 94.0 Å².